The van der Waals surface area contributed by atoms with Gasteiger partial charge in [-0.3, -0.25) is 9.69 Å². The van der Waals surface area contributed by atoms with Crippen LogP contribution in [0.5, 0.6) is 5.75 Å². The molecule has 1 aromatic rings. The zero-order valence-corrected chi connectivity index (χ0v) is 11.2. The molecular formula is C14H19N3O2. The van der Waals surface area contributed by atoms with Gasteiger partial charge in [0.15, 0.2) is 0 Å². The molecule has 1 saturated heterocycles. The van der Waals surface area contributed by atoms with Gasteiger partial charge in [0.1, 0.15) is 5.75 Å². The van der Waals surface area contributed by atoms with Gasteiger partial charge in [-0.2, -0.15) is 0 Å². The van der Waals surface area contributed by atoms with Gasteiger partial charge in [0.2, 0.25) is 5.91 Å². The summed E-state index contributed by atoms with van der Waals surface area (Å²) in [6, 6.07) is 4.16. The smallest absolute Gasteiger partial charge is 0.228 e. The molecule has 0 spiro atoms. The fourth-order valence-electron chi connectivity index (χ4n) is 2.75. The second-order valence-corrected chi connectivity index (χ2v) is 5.08. The van der Waals surface area contributed by atoms with Crippen LogP contribution in [-0.4, -0.2) is 44.1 Å². The van der Waals surface area contributed by atoms with E-state index >= 15 is 0 Å². The number of amides is 1. The minimum absolute atomic E-state index is 0.0487. The number of anilines is 1. The molecule has 2 N–H and O–H groups in total. The van der Waals surface area contributed by atoms with E-state index in [1.54, 1.807) is 7.11 Å². The molecule has 1 amide bonds. The third kappa shape index (κ3) is 2.57. The quantitative estimate of drug-likeness (QED) is 0.836. The maximum absolute atomic E-state index is 11.5. The van der Waals surface area contributed by atoms with Gasteiger partial charge in [-0.1, -0.05) is 6.07 Å². The van der Waals surface area contributed by atoms with Gasteiger partial charge in [-0.15, -0.1) is 0 Å². The minimum atomic E-state index is 0.0487. The molecule has 0 aliphatic carbocycles. The van der Waals surface area contributed by atoms with Gasteiger partial charge in [0.25, 0.3) is 0 Å². The Morgan fingerprint density at radius 3 is 2.84 bits per heavy atom. The van der Waals surface area contributed by atoms with Crippen LogP contribution < -0.4 is 15.4 Å². The SMILES string of the molecule is COc1cc(CN2CCNCC2)cc2c1NC(=O)C2. The van der Waals surface area contributed by atoms with E-state index < -0.39 is 0 Å². The summed E-state index contributed by atoms with van der Waals surface area (Å²) < 4.78 is 5.39. The predicted molar refractivity (Wildman–Crippen MR) is 73.5 cm³/mol. The maximum atomic E-state index is 11.5. The first kappa shape index (κ1) is 12.4. The maximum Gasteiger partial charge on any atom is 0.228 e. The Morgan fingerprint density at radius 1 is 1.32 bits per heavy atom. The van der Waals surface area contributed by atoms with Crippen molar-refractivity contribution >= 4 is 11.6 Å². The van der Waals surface area contributed by atoms with Crippen molar-refractivity contribution in [1.29, 1.82) is 0 Å². The highest BCUT2D eigenvalue weighted by molar-refractivity contribution is 6.01. The van der Waals surface area contributed by atoms with E-state index in [0.29, 0.717) is 6.42 Å². The molecule has 3 rings (SSSR count). The fourth-order valence-corrected chi connectivity index (χ4v) is 2.75. The summed E-state index contributed by atoms with van der Waals surface area (Å²) in [6.07, 6.45) is 0.459. The molecule has 5 heteroatoms. The number of piperazine rings is 1. The highest BCUT2D eigenvalue weighted by Gasteiger charge is 2.23. The molecule has 2 aliphatic rings. The lowest BCUT2D eigenvalue weighted by molar-refractivity contribution is -0.115. The molecular weight excluding hydrogens is 242 g/mol. The minimum Gasteiger partial charge on any atom is -0.495 e. The molecule has 0 bridgehead atoms. The van der Waals surface area contributed by atoms with Crippen LogP contribution in [-0.2, 0) is 17.8 Å². The molecule has 1 aromatic carbocycles. The Balaban J connectivity index is 1.82. The van der Waals surface area contributed by atoms with Crippen LogP contribution >= 0.6 is 0 Å². The Labute approximate surface area is 112 Å². The van der Waals surface area contributed by atoms with E-state index in [0.717, 1.165) is 49.7 Å². The first-order chi connectivity index (χ1) is 9.26. The van der Waals surface area contributed by atoms with Crippen molar-refractivity contribution in [2.24, 2.45) is 0 Å². The number of rotatable bonds is 3. The number of hydrogen-bond acceptors (Lipinski definition) is 4. The zero-order chi connectivity index (χ0) is 13.2. The summed E-state index contributed by atoms with van der Waals surface area (Å²) in [7, 11) is 1.65. The number of hydrogen-bond donors (Lipinski definition) is 2. The zero-order valence-electron chi connectivity index (χ0n) is 11.2. The van der Waals surface area contributed by atoms with Crippen LogP contribution in [0.3, 0.4) is 0 Å². The Bertz CT molecular complexity index is 496. The van der Waals surface area contributed by atoms with Crippen molar-refractivity contribution in [3.05, 3.63) is 23.3 Å². The van der Waals surface area contributed by atoms with Crippen LogP contribution in [0.15, 0.2) is 12.1 Å². The van der Waals surface area contributed by atoms with E-state index in [-0.39, 0.29) is 5.91 Å². The summed E-state index contributed by atoms with van der Waals surface area (Å²) in [5, 5.41) is 6.21. The molecule has 1 fully saturated rings. The topological polar surface area (TPSA) is 53.6 Å². The first-order valence-corrected chi connectivity index (χ1v) is 6.69. The Kier molecular flexibility index (Phi) is 3.40. The van der Waals surface area contributed by atoms with Gasteiger partial charge < -0.3 is 15.4 Å². The molecule has 0 atom stereocenters. The van der Waals surface area contributed by atoms with Gasteiger partial charge in [0.05, 0.1) is 19.2 Å². The molecule has 0 radical (unpaired) electrons. The van der Waals surface area contributed by atoms with Crippen molar-refractivity contribution in [2.75, 3.05) is 38.6 Å². The standard InChI is InChI=1S/C14H19N3O2/c1-19-12-7-10(9-17-4-2-15-3-5-17)6-11-8-13(18)16-14(11)12/h6-7,15H,2-5,8-9H2,1H3,(H,16,18). The lowest BCUT2D eigenvalue weighted by Crippen LogP contribution is -2.42. The van der Waals surface area contributed by atoms with Crippen LogP contribution in [0.1, 0.15) is 11.1 Å². The first-order valence-electron chi connectivity index (χ1n) is 6.69. The van der Waals surface area contributed by atoms with Crippen LogP contribution in [0, 0.1) is 0 Å². The third-order valence-corrected chi connectivity index (χ3v) is 3.69. The lowest BCUT2D eigenvalue weighted by Gasteiger charge is -2.27. The monoisotopic (exact) mass is 261 g/mol. The molecule has 5 nitrogen and oxygen atoms in total. The molecule has 2 aliphatic heterocycles. The van der Waals surface area contributed by atoms with Gasteiger partial charge >= 0.3 is 0 Å². The van der Waals surface area contributed by atoms with E-state index in [1.807, 2.05) is 6.07 Å². The van der Waals surface area contributed by atoms with Crippen LogP contribution in [0.4, 0.5) is 5.69 Å². The highest BCUT2D eigenvalue weighted by Crippen LogP contribution is 2.34. The molecule has 102 valence electrons. The van der Waals surface area contributed by atoms with Crippen molar-refractivity contribution in [3.8, 4) is 5.75 Å². The predicted octanol–water partition coefficient (Wildman–Crippen LogP) is 0.595. The number of nitrogens with zero attached hydrogens (tertiary/aromatic N) is 1. The fraction of sp³-hybridized carbons (Fsp3) is 0.500. The molecule has 0 aromatic heterocycles. The highest BCUT2D eigenvalue weighted by atomic mass is 16.5. The van der Waals surface area contributed by atoms with E-state index in [1.165, 1.54) is 5.56 Å². The summed E-state index contributed by atoms with van der Waals surface area (Å²) in [5.74, 6) is 0.820. The largest absolute Gasteiger partial charge is 0.495 e. The average Bonchev–Trinajstić information content (AvgIpc) is 2.79. The van der Waals surface area contributed by atoms with Crippen LogP contribution in [0.25, 0.3) is 0 Å². The molecule has 0 saturated carbocycles. The summed E-state index contributed by atoms with van der Waals surface area (Å²) in [5.41, 5.74) is 3.11. The summed E-state index contributed by atoms with van der Waals surface area (Å²) in [4.78, 5) is 13.9. The third-order valence-electron chi connectivity index (χ3n) is 3.69. The number of fused-ring (bicyclic) bond motifs is 1. The second-order valence-electron chi connectivity index (χ2n) is 5.08. The van der Waals surface area contributed by atoms with E-state index in [4.69, 9.17) is 4.74 Å². The lowest BCUT2D eigenvalue weighted by atomic mass is 10.1. The Hall–Kier alpha value is -1.59. The average molecular weight is 261 g/mol. The summed E-state index contributed by atoms with van der Waals surface area (Å²) in [6.45, 7) is 5.14. The molecule has 0 unspecified atom stereocenters. The van der Waals surface area contributed by atoms with Gasteiger partial charge in [0, 0.05) is 32.7 Å². The number of ether oxygens (including phenoxy) is 1. The van der Waals surface area contributed by atoms with Crippen molar-refractivity contribution < 1.29 is 9.53 Å². The molecule has 19 heavy (non-hydrogen) atoms. The number of nitrogens with one attached hydrogen (secondary N) is 2. The number of benzene rings is 1. The number of carbonyl (C=O) groups excluding carboxylic acids is 1. The summed E-state index contributed by atoms with van der Waals surface area (Å²) >= 11 is 0. The van der Waals surface area contributed by atoms with Crippen molar-refractivity contribution in [1.82, 2.24) is 10.2 Å². The second kappa shape index (κ2) is 5.19. The number of methoxy groups -OCH3 is 1. The van der Waals surface area contributed by atoms with Crippen molar-refractivity contribution in [3.63, 3.8) is 0 Å². The normalized spacial score (nSPS) is 19.1. The van der Waals surface area contributed by atoms with Gasteiger partial charge in [-0.25, -0.2) is 0 Å². The Morgan fingerprint density at radius 2 is 2.11 bits per heavy atom. The number of carbonyl (C=O) groups is 1. The van der Waals surface area contributed by atoms with Crippen molar-refractivity contribution in [2.45, 2.75) is 13.0 Å². The van der Waals surface area contributed by atoms with Gasteiger partial charge in [-0.05, 0) is 17.2 Å². The molecule has 2 heterocycles. The van der Waals surface area contributed by atoms with Crippen LogP contribution in [0.2, 0.25) is 0 Å². The van der Waals surface area contributed by atoms with E-state index in [2.05, 4.69) is 21.6 Å². The van der Waals surface area contributed by atoms with E-state index in [9.17, 15) is 4.79 Å².